The number of carbonyl (C=O) groups is 2. The highest BCUT2D eigenvalue weighted by atomic mass is 16.2. The molecule has 1 rings (SSSR count). The maximum absolute atomic E-state index is 11.9. The van der Waals surface area contributed by atoms with Crippen LogP contribution >= 0.6 is 0 Å². The Bertz CT molecular complexity index is 483. The molecule has 0 heterocycles. The first-order chi connectivity index (χ1) is 8.27. The van der Waals surface area contributed by atoms with Gasteiger partial charge in [0.15, 0.2) is 0 Å². The highest BCUT2D eigenvalue weighted by Crippen LogP contribution is 2.15. The molecular weight excluding hydrogens is 232 g/mol. The molecule has 0 aliphatic rings. The lowest BCUT2D eigenvalue weighted by molar-refractivity contribution is -0.122. The summed E-state index contributed by atoms with van der Waals surface area (Å²) >= 11 is 0. The van der Waals surface area contributed by atoms with Crippen LogP contribution in [0.1, 0.15) is 29.8 Å². The third kappa shape index (κ3) is 2.98. The molecular formula is C12H18N4O2. The van der Waals surface area contributed by atoms with Crippen molar-refractivity contribution in [2.75, 3.05) is 5.43 Å². The molecule has 0 saturated carbocycles. The lowest BCUT2D eigenvalue weighted by Crippen LogP contribution is -2.53. The van der Waals surface area contributed by atoms with Crippen molar-refractivity contribution in [1.82, 2.24) is 5.32 Å². The summed E-state index contributed by atoms with van der Waals surface area (Å²) in [5, 5.41) is 2.57. The molecule has 1 aromatic rings. The van der Waals surface area contributed by atoms with E-state index in [0.717, 1.165) is 11.3 Å². The largest absolute Gasteiger partial charge is 0.368 e. The SMILES string of the molecule is Cc1cc(C(=O)NC(C)(C)C(N)=O)ccc1NN. The first-order valence-corrected chi connectivity index (χ1v) is 5.47. The Labute approximate surface area is 106 Å². The Morgan fingerprint density at radius 3 is 2.33 bits per heavy atom. The van der Waals surface area contributed by atoms with E-state index in [9.17, 15) is 9.59 Å². The van der Waals surface area contributed by atoms with Gasteiger partial charge in [0.2, 0.25) is 5.91 Å². The average Bonchev–Trinajstić information content (AvgIpc) is 2.28. The second-order valence-corrected chi connectivity index (χ2v) is 4.62. The summed E-state index contributed by atoms with van der Waals surface area (Å²) in [5.74, 6) is 4.36. The van der Waals surface area contributed by atoms with Crippen molar-refractivity contribution in [3.8, 4) is 0 Å². The van der Waals surface area contributed by atoms with Crippen LogP contribution < -0.4 is 22.3 Å². The summed E-state index contributed by atoms with van der Waals surface area (Å²) in [5.41, 5.74) is 8.64. The monoisotopic (exact) mass is 250 g/mol. The lowest BCUT2D eigenvalue weighted by atomic mass is 10.0. The van der Waals surface area contributed by atoms with Gasteiger partial charge < -0.3 is 16.5 Å². The Morgan fingerprint density at radius 2 is 1.89 bits per heavy atom. The number of amides is 2. The fraction of sp³-hybridized carbons (Fsp3) is 0.333. The van der Waals surface area contributed by atoms with Crippen molar-refractivity contribution in [1.29, 1.82) is 0 Å². The van der Waals surface area contributed by atoms with Gasteiger partial charge >= 0.3 is 0 Å². The standard InChI is InChI=1S/C12H18N4O2/c1-7-6-8(4-5-9(7)16-14)10(17)15-12(2,3)11(13)18/h4-6,16H,14H2,1-3H3,(H2,13,18)(H,15,17). The Balaban J connectivity index is 2.92. The summed E-state index contributed by atoms with van der Waals surface area (Å²) in [6, 6.07) is 5.00. The minimum atomic E-state index is -1.09. The number of hydrogen-bond acceptors (Lipinski definition) is 4. The van der Waals surface area contributed by atoms with E-state index in [1.807, 2.05) is 6.92 Å². The van der Waals surface area contributed by atoms with Crippen LogP contribution in [-0.4, -0.2) is 17.4 Å². The molecule has 0 atom stereocenters. The van der Waals surface area contributed by atoms with Gasteiger partial charge in [0.1, 0.15) is 5.54 Å². The highest BCUT2D eigenvalue weighted by molar-refractivity contribution is 5.99. The third-order valence-electron chi connectivity index (χ3n) is 2.69. The molecule has 0 saturated heterocycles. The van der Waals surface area contributed by atoms with E-state index in [1.54, 1.807) is 32.0 Å². The van der Waals surface area contributed by atoms with Crippen molar-refractivity contribution in [2.24, 2.45) is 11.6 Å². The number of nitrogens with two attached hydrogens (primary N) is 2. The van der Waals surface area contributed by atoms with Gasteiger partial charge in [-0.25, -0.2) is 0 Å². The van der Waals surface area contributed by atoms with Crippen LogP contribution in [0.4, 0.5) is 5.69 Å². The number of nitrogen functional groups attached to an aromatic ring is 1. The number of primary amides is 1. The normalized spacial score (nSPS) is 10.9. The van der Waals surface area contributed by atoms with Crippen molar-refractivity contribution in [2.45, 2.75) is 26.3 Å². The van der Waals surface area contributed by atoms with Crippen molar-refractivity contribution in [3.63, 3.8) is 0 Å². The number of hydrogen-bond donors (Lipinski definition) is 4. The molecule has 98 valence electrons. The van der Waals surface area contributed by atoms with Crippen molar-refractivity contribution in [3.05, 3.63) is 29.3 Å². The number of nitrogens with one attached hydrogen (secondary N) is 2. The van der Waals surface area contributed by atoms with Crippen molar-refractivity contribution < 1.29 is 9.59 Å². The Morgan fingerprint density at radius 1 is 1.28 bits per heavy atom. The lowest BCUT2D eigenvalue weighted by Gasteiger charge is -2.22. The molecule has 0 aliphatic carbocycles. The zero-order valence-corrected chi connectivity index (χ0v) is 10.7. The molecule has 18 heavy (non-hydrogen) atoms. The van der Waals surface area contributed by atoms with Gasteiger partial charge in [0.25, 0.3) is 5.91 Å². The van der Waals surface area contributed by atoms with E-state index in [1.165, 1.54) is 0 Å². The van der Waals surface area contributed by atoms with Crippen LogP contribution in [-0.2, 0) is 4.79 Å². The zero-order chi connectivity index (χ0) is 13.9. The van der Waals surface area contributed by atoms with E-state index < -0.39 is 11.4 Å². The van der Waals surface area contributed by atoms with Gasteiger partial charge in [0, 0.05) is 5.56 Å². The van der Waals surface area contributed by atoms with E-state index in [2.05, 4.69) is 10.7 Å². The van der Waals surface area contributed by atoms with Gasteiger partial charge in [-0.05, 0) is 44.5 Å². The number of benzene rings is 1. The Kier molecular flexibility index (Phi) is 3.93. The molecule has 0 aromatic heterocycles. The quantitative estimate of drug-likeness (QED) is 0.454. The average molecular weight is 250 g/mol. The number of anilines is 1. The van der Waals surface area contributed by atoms with Crippen LogP contribution in [0.3, 0.4) is 0 Å². The fourth-order valence-corrected chi connectivity index (χ4v) is 1.38. The van der Waals surface area contributed by atoms with E-state index >= 15 is 0 Å². The van der Waals surface area contributed by atoms with Gasteiger partial charge in [0.05, 0.1) is 5.69 Å². The van der Waals surface area contributed by atoms with Crippen LogP contribution in [0.2, 0.25) is 0 Å². The molecule has 1 aromatic carbocycles. The number of carbonyl (C=O) groups excluding carboxylic acids is 2. The minimum Gasteiger partial charge on any atom is -0.368 e. The maximum atomic E-state index is 11.9. The van der Waals surface area contributed by atoms with Crippen LogP contribution in [0.25, 0.3) is 0 Å². The molecule has 0 fully saturated rings. The molecule has 0 radical (unpaired) electrons. The summed E-state index contributed by atoms with van der Waals surface area (Å²) in [7, 11) is 0. The molecule has 6 nitrogen and oxygen atoms in total. The molecule has 0 bridgehead atoms. The molecule has 6 N–H and O–H groups in total. The summed E-state index contributed by atoms with van der Waals surface area (Å²) < 4.78 is 0. The van der Waals surface area contributed by atoms with Gasteiger partial charge in [-0.1, -0.05) is 0 Å². The van der Waals surface area contributed by atoms with Gasteiger partial charge in [-0.15, -0.1) is 0 Å². The second-order valence-electron chi connectivity index (χ2n) is 4.62. The minimum absolute atomic E-state index is 0.356. The smallest absolute Gasteiger partial charge is 0.252 e. The first-order valence-electron chi connectivity index (χ1n) is 5.47. The highest BCUT2D eigenvalue weighted by Gasteiger charge is 2.27. The van der Waals surface area contributed by atoms with Crippen LogP contribution in [0.5, 0.6) is 0 Å². The fourth-order valence-electron chi connectivity index (χ4n) is 1.38. The first kappa shape index (κ1) is 14.0. The Hall–Kier alpha value is -2.08. The topological polar surface area (TPSA) is 110 Å². The van der Waals surface area contributed by atoms with E-state index in [4.69, 9.17) is 11.6 Å². The number of aryl methyl sites for hydroxylation is 1. The summed E-state index contributed by atoms with van der Waals surface area (Å²) in [6.07, 6.45) is 0. The molecule has 0 unspecified atom stereocenters. The van der Waals surface area contributed by atoms with Gasteiger partial charge in [-0.3, -0.25) is 15.4 Å². The van der Waals surface area contributed by atoms with Crippen LogP contribution in [0.15, 0.2) is 18.2 Å². The molecule has 0 spiro atoms. The summed E-state index contributed by atoms with van der Waals surface area (Å²) in [6.45, 7) is 4.93. The van der Waals surface area contributed by atoms with Gasteiger partial charge in [-0.2, -0.15) is 0 Å². The van der Waals surface area contributed by atoms with Crippen LogP contribution in [0, 0.1) is 6.92 Å². The number of hydrazine groups is 1. The summed E-state index contributed by atoms with van der Waals surface area (Å²) in [4.78, 5) is 23.1. The molecule has 0 aliphatic heterocycles. The van der Waals surface area contributed by atoms with E-state index in [0.29, 0.717) is 5.56 Å². The molecule has 6 heteroatoms. The van der Waals surface area contributed by atoms with E-state index in [-0.39, 0.29) is 5.91 Å². The predicted molar refractivity (Wildman–Crippen MR) is 69.7 cm³/mol. The third-order valence-corrected chi connectivity index (χ3v) is 2.69. The second kappa shape index (κ2) is 5.05. The van der Waals surface area contributed by atoms with Crippen molar-refractivity contribution >= 4 is 17.5 Å². The predicted octanol–water partition coefficient (Wildman–Crippen LogP) is 0.274. The molecule has 2 amide bonds. The number of rotatable bonds is 4. The maximum Gasteiger partial charge on any atom is 0.252 e. The zero-order valence-electron chi connectivity index (χ0n) is 10.7.